The molecular formula is C16H23N3O4. The SMILES string of the molecule is Cc1noc(C[C@@H]2CO[C@@H]3CN(C(=O)C4CCOCC4)C[C@H]23)n1. The van der Waals surface area contributed by atoms with Crippen LogP contribution in [-0.2, 0) is 20.7 Å². The molecule has 126 valence electrons. The van der Waals surface area contributed by atoms with Gasteiger partial charge < -0.3 is 18.9 Å². The average molecular weight is 321 g/mol. The maximum Gasteiger partial charge on any atom is 0.227 e. The maximum atomic E-state index is 12.7. The summed E-state index contributed by atoms with van der Waals surface area (Å²) in [4.78, 5) is 19.0. The van der Waals surface area contributed by atoms with Gasteiger partial charge in [0, 0.05) is 44.6 Å². The summed E-state index contributed by atoms with van der Waals surface area (Å²) in [6.07, 6.45) is 2.58. The van der Waals surface area contributed by atoms with E-state index in [2.05, 4.69) is 10.1 Å². The molecule has 3 aliphatic rings. The lowest BCUT2D eigenvalue weighted by atomic mass is 9.90. The molecule has 3 fully saturated rings. The Hall–Kier alpha value is -1.47. The number of carbonyl (C=O) groups excluding carboxylic acids is 1. The van der Waals surface area contributed by atoms with Crippen LogP contribution in [0.15, 0.2) is 4.52 Å². The van der Waals surface area contributed by atoms with E-state index in [1.165, 1.54) is 0 Å². The molecule has 3 saturated heterocycles. The molecule has 0 aliphatic carbocycles. The van der Waals surface area contributed by atoms with Crippen molar-refractivity contribution < 1.29 is 18.8 Å². The number of hydrogen-bond acceptors (Lipinski definition) is 6. The van der Waals surface area contributed by atoms with Crippen LogP contribution in [0.2, 0.25) is 0 Å². The third-order valence-corrected chi connectivity index (χ3v) is 5.33. The van der Waals surface area contributed by atoms with E-state index in [1.54, 1.807) is 0 Å². The van der Waals surface area contributed by atoms with Gasteiger partial charge in [-0.15, -0.1) is 0 Å². The van der Waals surface area contributed by atoms with Gasteiger partial charge in [0.15, 0.2) is 5.82 Å². The van der Waals surface area contributed by atoms with Crippen molar-refractivity contribution in [1.29, 1.82) is 0 Å². The number of aromatic nitrogens is 2. The number of rotatable bonds is 3. The van der Waals surface area contributed by atoms with Gasteiger partial charge in [-0.05, 0) is 25.7 Å². The Morgan fingerprint density at radius 2 is 2.13 bits per heavy atom. The second-order valence-electron chi connectivity index (χ2n) is 6.87. The van der Waals surface area contributed by atoms with E-state index in [-0.39, 0.29) is 17.9 Å². The number of hydrogen-bond donors (Lipinski definition) is 0. The Morgan fingerprint density at radius 3 is 2.87 bits per heavy atom. The van der Waals surface area contributed by atoms with Crippen molar-refractivity contribution in [2.24, 2.45) is 17.8 Å². The minimum absolute atomic E-state index is 0.125. The largest absolute Gasteiger partial charge is 0.381 e. The molecule has 4 rings (SSSR count). The third-order valence-electron chi connectivity index (χ3n) is 5.33. The maximum absolute atomic E-state index is 12.7. The summed E-state index contributed by atoms with van der Waals surface area (Å²) in [7, 11) is 0. The predicted molar refractivity (Wildman–Crippen MR) is 79.6 cm³/mol. The molecule has 1 aromatic rings. The number of ether oxygens (including phenoxy) is 2. The highest BCUT2D eigenvalue weighted by molar-refractivity contribution is 5.79. The van der Waals surface area contributed by atoms with Gasteiger partial charge in [0.25, 0.3) is 0 Å². The van der Waals surface area contributed by atoms with Crippen LogP contribution in [0.4, 0.5) is 0 Å². The molecule has 1 aromatic heterocycles. The summed E-state index contributed by atoms with van der Waals surface area (Å²) >= 11 is 0. The van der Waals surface area contributed by atoms with Crippen molar-refractivity contribution in [3.63, 3.8) is 0 Å². The number of carbonyl (C=O) groups is 1. The molecule has 3 atom stereocenters. The van der Waals surface area contributed by atoms with Gasteiger partial charge >= 0.3 is 0 Å². The van der Waals surface area contributed by atoms with Crippen LogP contribution in [0, 0.1) is 24.7 Å². The molecule has 1 amide bonds. The van der Waals surface area contributed by atoms with E-state index in [4.69, 9.17) is 14.0 Å². The first-order valence-corrected chi connectivity index (χ1v) is 8.48. The Labute approximate surface area is 135 Å². The summed E-state index contributed by atoms with van der Waals surface area (Å²) in [5.41, 5.74) is 0. The lowest BCUT2D eigenvalue weighted by Crippen LogP contribution is -2.38. The molecule has 3 aliphatic heterocycles. The van der Waals surface area contributed by atoms with Crippen molar-refractivity contribution in [1.82, 2.24) is 15.0 Å². The second-order valence-corrected chi connectivity index (χ2v) is 6.87. The quantitative estimate of drug-likeness (QED) is 0.820. The van der Waals surface area contributed by atoms with Gasteiger partial charge in [-0.2, -0.15) is 4.98 Å². The smallest absolute Gasteiger partial charge is 0.227 e. The number of aryl methyl sites for hydroxylation is 1. The lowest BCUT2D eigenvalue weighted by molar-refractivity contribution is -0.138. The van der Waals surface area contributed by atoms with Crippen LogP contribution in [0.25, 0.3) is 0 Å². The van der Waals surface area contributed by atoms with E-state index in [0.717, 1.165) is 39.0 Å². The van der Waals surface area contributed by atoms with Crippen molar-refractivity contribution in [3.8, 4) is 0 Å². The molecule has 0 unspecified atom stereocenters. The normalized spacial score (nSPS) is 31.5. The van der Waals surface area contributed by atoms with Crippen LogP contribution < -0.4 is 0 Å². The molecule has 23 heavy (non-hydrogen) atoms. The van der Waals surface area contributed by atoms with Crippen molar-refractivity contribution in [2.45, 2.75) is 32.3 Å². The standard InChI is InChI=1S/C16H23N3O4/c1-10-17-15(23-18-10)6-12-9-22-14-8-19(7-13(12)14)16(20)11-2-4-21-5-3-11/h11-14H,2-9H2,1H3/t12-,13-,14-/m1/s1. The van der Waals surface area contributed by atoms with Gasteiger partial charge in [0.05, 0.1) is 12.7 Å². The minimum Gasteiger partial charge on any atom is -0.381 e. The zero-order valence-electron chi connectivity index (χ0n) is 13.4. The van der Waals surface area contributed by atoms with Crippen LogP contribution in [-0.4, -0.2) is 60.0 Å². The Balaban J connectivity index is 1.37. The zero-order valence-corrected chi connectivity index (χ0v) is 13.4. The fraction of sp³-hybridized carbons (Fsp3) is 0.812. The van der Waals surface area contributed by atoms with Crippen molar-refractivity contribution in [2.75, 3.05) is 32.9 Å². The molecule has 0 bridgehead atoms. The Bertz CT molecular complexity index is 569. The Morgan fingerprint density at radius 1 is 1.30 bits per heavy atom. The first-order chi connectivity index (χ1) is 11.2. The van der Waals surface area contributed by atoms with Crippen LogP contribution in [0.1, 0.15) is 24.6 Å². The third kappa shape index (κ3) is 2.99. The monoisotopic (exact) mass is 321 g/mol. The Kier molecular flexibility index (Phi) is 4.07. The highest BCUT2D eigenvalue weighted by atomic mass is 16.5. The second kappa shape index (κ2) is 6.20. The number of fused-ring (bicyclic) bond motifs is 1. The van der Waals surface area contributed by atoms with Crippen molar-refractivity contribution in [3.05, 3.63) is 11.7 Å². The molecule has 7 nitrogen and oxygen atoms in total. The summed E-state index contributed by atoms with van der Waals surface area (Å²) in [6.45, 7) is 5.46. The van der Waals surface area contributed by atoms with Gasteiger partial charge in [-0.3, -0.25) is 4.79 Å². The number of nitrogens with zero attached hydrogens (tertiary/aromatic N) is 3. The molecular weight excluding hydrogens is 298 g/mol. The highest BCUT2D eigenvalue weighted by Gasteiger charge is 2.46. The zero-order chi connectivity index (χ0) is 15.8. The van der Waals surface area contributed by atoms with E-state index in [0.29, 0.717) is 36.8 Å². The molecule has 4 heterocycles. The highest BCUT2D eigenvalue weighted by Crippen LogP contribution is 2.36. The average Bonchev–Trinajstić information content (AvgIpc) is 3.25. The van der Waals surface area contributed by atoms with Crippen LogP contribution in [0.3, 0.4) is 0 Å². The predicted octanol–water partition coefficient (Wildman–Crippen LogP) is 0.821. The number of likely N-dealkylation sites (tertiary alicyclic amines) is 1. The summed E-state index contributed by atoms with van der Waals surface area (Å²) in [6, 6.07) is 0. The van der Waals surface area contributed by atoms with Crippen LogP contribution in [0.5, 0.6) is 0 Å². The topological polar surface area (TPSA) is 77.7 Å². The van der Waals surface area contributed by atoms with Gasteiger partial charge in [0.1, 0.15) is 0 Å². The lowest BCUT2D eigenvalue weighted by Gasteiger charge is -2.27. The van der Waals surface area contributed by atoms with Gasteiger partial charge in [-0.1, -0.05) is 5.16 Å². The number of amides is 1. The van der Waals surface area contributed by atoms with Gasteiger partial charge in [0.2, 0.25) is 11.8 Å². The molecule has 0 spiro atoms. The van der Waals surface area contributed by atoms with Crippen molar-refractivity contribution >= 4 is 5.91 Å². The summed E-state index contributed by atoms with van der Waals surface area (Å²) < 4.78 is 16.5. The van der Waals surface area contributed by atoms with E-state index < -0.39 is 0 Å². The first kappa shape index (κ1) is 15.1. The van der Waals surface area contributed by atoms with E-state index >= 15 is 0 Å². The molecule has 7 heteroatoms. The molecule has 0 radical (unpaired) electrons. The molecule has 0 saturated carbocycles. The summed E-state index contributed by atoms with van der Waals surface area (Å²) in [5, 5.41) is 3.85. The minimum atomic E-state index is 0.125. The van der Waals surface area contributed by atoms with E-state index in [9.17, 15) is 4.79 Å². The molecule has 0 aromatic carbocycles. The molecule has 0 N–H and O–H groups in total. The van der Waals surface area contributed by atoms with E-state index in [1.807, 2.05) is 11.8 Å². The van der Waals surface area contributed by atoms with Crippen LogP contribution >= 0.6 is 0 Å². The first-order valence-electron chi connectivity index (χ1n) is 8.48. The fourth-order valence-electron chi connectivity index (χ4n) is 4.04. The summed E-state index contributed by atoms with van der Waals surface area (Å²) in [5.74, 6) is 2.47. The van der Waals surface area contributed by atoms with Gasteiger partial charge in [-0.25, -0.2) is 0 Å². The fourth-order valence-corrected chi connectivity index (χ4v) is 4.04.